The summed E-state index contributed by atoms with van der Waals surface area (Å²) in [5.74, 6) is -1.64. The molecule has 31 heavy (non-hydrogen) atoms. The monoisotopic (exact) mass is 452 g/mol. The van der Waals surface area contributed by atoms with Gasteiger partial charge in [0.15, 0.2) is 0 Å². The van der Waals surface area contributed by atoms with Crippen molar-refractivity contribution in [3.05, 3.63) is 65.2 Å². The van der Waals surface area contributed by atoms with Crippen LogP contribution < -0.4 is 10.0 Å². The Morgan fingerprint density at radius 3 is 2.26 bits per heavy atom. The van der Waals surface area contributed by atoms with Gasteiger partial charge in [-0.15, -0.1) is 0 Å². The summed E-state index contributed by atoms with van der Waals surface area (Å²) in [5, 5.41) is 2.78. The lowest BCUT2D eigenvalue weighted by molar-refractivity contribution is 0.0942. The van der Waals surface area contributed by atoms with Crippen LogP contribution in [0.4, 0.5) is 8.78 Å². The van der Waals surface area contributed by atoms with Gasteiger partial charge >= 0.3 is 0 Å². The molecule has 1 aliphatic carbocycles. The van der Waals surface area contributed by atoms with E-state index in [1.54, 1.807) is 0 Å². The molecule has 0 aromatic heterocycles. The van der Waals surface area contributed by atoms with Crippen molar-refractivity contribution in [2.45, 2.75) is 36.0 Å². The number of carbonyl (C=O) groups excluding carboxylic acids is 1. The standard InChI is InChI=1S/C22H26F2N2O4S/c1-30-14-13-26-31(28,29)17-9-7-16(8-10-17)21(27)25-15-22(11-2-3-12-22)20-18(23)5-4-6-19(20)24/h4-10,26H,2-3,11-15H2,1H3,(H,25,27). The summed E-state index contributed by atoms with van der Waals surface area (Å²) < 4.78 is 60.5. The van der Waals surface area contributed by atoms with E-state index in [4.69, 9.17) is 4.74 Å². The molecule has 9 heteroatoms. The first-order valence-corrected chi connectivity index (χ1v) is 11.6. The van der Waals surface area contributed by atoms with E-state index in [-0.39, 0.29) is 35.7 Å². The highest BCUT2D eigenvalue weighted by atomic mass is 32.2. The van der Waals surface area contributed by atoms with Gasteiger partial charge in [0.05, 0.1) is 11.5 Å². The average molecular weight is 453 g/mol. The number of hydrogen-bond acceptors (Lipinski definition) is 4. The number of halogens is 2. The zero-order valence-electron chi connectivity index (χ0n) is 17.3. The first-order chi connectivity index (χ1) is 14.8. The molecule has 1 saturated carbocycles. The van der Waals surface area contributed by atoms with Gasteiger partial charge in [-0.25, -0.2) is 21.9 Å². The smallest absolute Gasteiger partial charge is 0.251 e. The Labute approximate surface area is 181 Å². The van der Waals surface area contributed by atoms with Crippen molar-refractivity contribution in [1.29, 1.82) is 0 Å². The Morgan fingerprint density at radius 1 is 1.06 bits per heavy atom. The number of methoxy groups -OCH3 is 1. The molecular weight excluding hydrogens is 426 g/mol. The van der Waals surface area contributed by atoms with Crippen LogP contribution in [-0.2, 0) is 20.2 Å². The number of rotatable bonds is 9. The van der Waals surface area contributed by atoms with Gasteiger partial charge in [0.2, 0.25) is 10.0 Å². The lowest BCUT2D eigenvalue weighted by Gasteiger charge is -2.30. The largest absolute Gasteiger partial charge is 0.383 e. The van der Waals surface area contributed by atoms with Crippen LogP contribution in [0.5, 0.6) is 0 Å². The van der Waals surface area contributed by atoms with Crippen molar-refractivity contribution in [1.82, 2.24) is 10.0 Å². The van der Waals surface area contributed by atoms with Gasteiger partial charge in [0.1, 0.15) is 11.6 Å². The van der Waals surface area contributed by atoms with E-state index in [0.717, 1.165) is 12.8 Å². The summed E-state index contributed by atoms with van der Waals surface area (Å²) in [6.07, 6.45) is 2.81. The number of benzene rings is 2. The molecule has 0 saturated heterocycles. The number of hydrogen-bond donors (Lipinski definition) is 2. The van der Waals surface area contributed by atoms with Gasteiger partial charge in [0, 0.05) is 36.7 Å². The maximum Gasteiger partial charge on any atom is 0.251 e. The molecule has 0 bridgehead atoms. The van der Waals surface area contributed by atoms with Crippen molar-refractivity contribution in [2.75, 3.05) is 26.8 Å². The van der Waals surface area contributed by atoms with Gasteiger partial charge in [-0.05, 0) is 49.2 Å². The molecule has 0 unspecified atom stereocenters. The van der Waals surface area contributed by atoms with E-state index in [0.29, 0.717) is 12.8 Å². The van der Waals surface area contributed by atoms with Crippen LogP contribution in [0.1, 0.15) is 41.6 Å². The van der Waals surface area contributed by atoms with Crippen molar-refractivity contribution in [3.63, 3.8) is 0 Å². The predicted molar refractivity (Wildman–Crippen MR) is 112 cm³/mol. The number of nitrogens with one attached hydrogen (secondary N) is 2. The Balaban J connectivity index is 1.71. The van der Waals surface area contributed by atoms with Crippen molar-refractivity contribution in [2.24, 2.45) is 0 Å². The minimum atomic E-state index is -3.70. The molecule has 0 spiro atoms. The second-order valence-electron chi connectivity index (χ2n) is 7.68. The lowest BCUT2D eigenvalue weighted by atomic mass is 9.78. The molecule has 0 radical (unpaired) electrons. The van der Waals surface area contributed by atoms with E-state index in [2.05, 4.69) is 10.0 Å². The zero-order chi connectivity index (χ0) is 22.5. The topological polar surface area (TPSA) is 84.5 Å². The fraction of sp³-hybridized carbons (Fsp3) is 0.409. The van der Waals surface area contributed by atoms with Gasteiger partial charge in [-0.3, -0.25) is 4.79 Å². The molecule has 2 aromatic carbocycles. The third-order valence-corrected chi connectivity index (χ3v) is 7.14. The third kappa shape index (κ3) is 5.28. The van der Waals surface area contributed by atoms with Crippen LogP contribution in [0.15, 0.2) is 47.4 Å². The fourth-order valence-corrected chi connectivity index (χ4v) is 5.08. The van der Waals surface area contributed by atoms with Crippen molar-refractivity contribution in [3.8, 4) is 0 Å². The Bertz CT molecular complexity index is 1000. The summed E-state index contributed by atoms with van der Waals surface area (Å²) in [6.45, 7) is 0.474. The number of amides is 1. The minimum Gasteiger partial charge on any atom is -0.383 e. The highest BCUT2D eigenvalue weighted by Gasteiger charge is 2.40. The minimum absolute atomic E-state index is 0.0244. The Hall–Kier alpha value is -2.36. The Morgan fingerprint density at radius 2 is 1.68 bits per heavy atom. The summed E-state index contributed by atoms with van der Waals surface area (Å²) >= 11 is 0. The van der Waals surface area contributed by atoms with Gasteiger partial charge < -0.3 is 10.1 Å². The zero-order valence-corrected chi connectivity index (χ0v) is 18.1. The van der Waals surface area contributed by atoms with Gasteiger partial charge in [-0.1, -0.05) is 18.9 Å². The van der Waals surface area contributed by atoms with Crippen LogP contribution in [0.3, 0.4) is 0 Å². The first kappa shape index (κ1) is 23.3. The molecule has 168 valence electrons. The fourth-order valence-electron chi connectivity index (χ4n) is 4.07. The normalized spacial score (nSPS) is 15.7. The summed E-state index contributed by atoms with van der Waals surface area (Å²) in [5.41, 5.74) is -0.506. The lowest BCUT2D eigenvalue weighted by Crippen LogP contribution is -2.40. The van der Waals surface area contributed by atoms with Crippen LogP contribution in [0.2, 0.25) is 0 Å². The van der Waals surface area contributed by atoms with Gasteiger partial charge in [0.25, 0.3) is 5.91 Å². The SMILES string of the molecule is COCCNS(=O)(=O)c1ccc(C(=O)NCC2(c3c(F)cccc3F)CCCC2)cc1. The first-order valence-electron chi connectivity index (χ1n) is 10.1. The maximum absolute atomic E-state index is 14.4. The third-order valence-electron chi connectivity index (χ3n) is 5.67. The number of carbonyl (C=O) groups is 1. The van der Waals surface area contributed by atoms with E-state index in [9.17, 15) is 22.0 Å². The van der Waals surface area contributed by atoms with E-state index in [1.807, 2.05) is 0 Å². The molecule has 6 nitrogen and oxygen atoms in total. The van der Waals surface area contributed by atoms with Crippen LogP contribution >= 0.6 is 0 Å². The second-order valence-corrected chi connectivity index (χ2v) is 9.45. The molecule has 1 fully saturated rings. The van der Waals surface area contributed by atoms with Crippen LogP contribution in [0, 0.1) is 11.6 Å². The molecule has 2 aromatic rings. The summed E-state index contributed by atoms with van der Waals surface area (Å²) in [7, 11) is -2.23. The molecular formula is C22H26F2N2O4S. The highest BCUT2D eigenvalue weighted by Crippen LogP contribution is 2.42. The molecule has 0 atom stereocenters. The van der Waals surface area contributed by atoms with Crippen LogP contribution in [0.25, 0.3) is 0 Å². The molecule has 1 aliphatic rings. The number of sulfonamides is 1. The second kappa shape index (κ2) is 9.84. The summed E-state index contributed by atoms with van der Waals surface area (Å²) in [6, 6.07) is 9.30. The molecule has 0 heterocycles. The highest BCUT2D eigenvalue weighted by molar-refractivity contribution is 7.89. The predicted octanol–water partition coefficient (Wildman–Crippen LogP) is 3.13. The maximum atomic E-state index is 14.4. The average Bonchev–Trinajstić information content (AvgIpc) is 3.22. The molecule has 2 N–H and O–H groups in total. The number of ether oxygens (including phenoxy) is 1. The Kier molecular flexibility index (Phi) is 7.40. The van der Waals surface area contributed by atoms with E-state index in [1.165, 1.54) is 49.6 Å². The van der Waals surface area contributed by atoms with Gasteiger partial charge in [-0.2, -0.15) is 0 Å². The summed E-state index contributed by atoms with van der Waals surface area (Å²) in [4.78, 5) is 12.7. The van der Waals surface area contributed by atoms with Crippen LogP contribution in [-0.4, -0.2) is 41.1 Å². The molecule has 0 aliphatic heterocycles. The molecule has 1 amide bonds. The van der Waals surface area contributed by atoms with E-state index < -0.39 is 33.0 Å². The van der Waals surface area contributed by atoms with E-state index >= 15 is 0 Å². The van der Waals surface area contributed by atoms with Crippen molar-refractivity contribution < 1.29 is 26.7 Å². The molecule has 3 rings (SSSR count). The quantitative estimate of drug-likeness (QED) is 0.573. The van der Waals surface area contributed by atoms with Crippen molar-refractivity contribution >= 4 is 15.9 Å².